The number of hydrogen-bond acceptors (Lipinski definition) is 10. The second-order valence-electron chi connectivity index (χ2n) is 10.4. The molecule has 0 atom stereocenters. The lowest BCUT2D eigenvalue weighted by molar-refractivity contribution is 0.471. The van der Waals surface area contributed by atoms with E-state index in [1.54, 1.807) is 0 Å². The Morgan fingerprint density at radius 3 is 1.25 bits per heavy atom. The zero-order valence-corrected chi connectivity index (χ0v) is 25.5. The normalized spacial score (nSPS) is 13.1. The van der Waals surface area contributed by atoms with Crippen LogP contribution in [0.25, 0.3) is 54.9 Å². The zero-order valence-electron chi connectivity index (χ0n) is 25.9. The third-order valence-electron chi connectivity index (χ3n) is 7.76. The van der Waals surface area contributed by atoms with Gasteiger partial charge >= 0.3 is 0 Å². The van der Waals surface area contributed by atoms with Crippen LogP contribution in [0.4, 0.5) is 20.2 Å². The highest BCUT2D eigenvalue weighted by Gasteiger charge is 2.31. The zero-order chi connectivity index (χ0) is 36.1. The fourth-order valence-electron chi connectivity index (χ4n) is 5.78. The molecule has 6 rings (SSSR count). The van der Waals surface area contributed by atoms with E-state index in [0.29, 0.717) is 0 Å². The Bertz CT molecular complexity index is 2510. The van der Waals surface area contributed by atoms with Crippen molar-refractivity contribution in [2.24, 2.45) is 10.2 Å². The van der Waals surface area contributed by atoms with Gasteiger partial charge in [-0.1, -0.05) is 72.8 Å². The molecule has 0 aliphatic carbocycles. The molecule has 0 unspecified atom stereocenters. The molecule has 0 bridgehead atoms. The van der Waals surface area contributed by atoms with E-state index >= 15 is 8.78 Å². The number of nitrogens with one attached hydrogen (secondary N) is 2. The van der Waals surface area contributed by atoms with Gasteiger partial charge in [0.25, 0.3) is 20.2 Å². The minimum Gasteiger partial charge on any atom is -0.505 e. The molecule has 242 valence electrons. The third kappa shape index (κ3) is 5.12. The SMILES string of the molecule is [H]/N=N/c1c(S(=O)(=O)O)c(-c2ccc(-c3ccc(-c4c(S(=O)(=O)O)c(/N=N/[H])c(O)c5ccccc45)c(F)c3)cc2F)c2ccccc2c1O. The van der Waals surface area contributed by atoms with Crippen LogP contribution in [0.2, 0.25) is 2.82 Å². The Labute approximate surface area is 273 Å². The van der Waals surface area contributed by atoms with Crippen LogP contribution in [0.15, 0.2) is 105 Å². The minimum atomic E-state index is -5.22. The van der Waals surface area contributed by atoms with Crippen LogP contribution in [0, 0.1) is 22.7 Å². The Morgan fingerprint density at radius 1 is 0.583 bits per heavy atom. The maximum atomic E-state index is 16.0. The van der Waals surface area contributed by atoms with Crippen molar-refractivity contribution >= 4 is 53.2 Å². The van der Waals surface area contributed by atoms with Crippen LogP contribution < -0.4 is 0 Å². The number of rotatable bonds is 7. The molecule has 16 heteroatoms. The van der Waals surface area contributed by atoms with Gasteiger partial charge in [0.15, 0.2) is 11.5 Å². The van der Waals surface area contributed by atoms with Gasteiger partial charge < -0.3 is 10.2 Å². The molecule has 0 fully saturated rings. The summed E-state index contributed by atoms with van der Waals surface area (Å²) in [5.74, 6) is -3.56. The Hall–Kier alpha value is -5.68. The van der Waals surface area contributed by atoms with Gasteiger partial charge in [0.05, 0.1) is 0 Å². The van der Waals surface area contributed by atoms with Crippen molar-refractivity contribution in [1.29, 1.82) is 11.0 Å². The lowest BCUT2D eigenvalue weighted by atomic mass is 9.92. The number of benzene rings is 6. The van der Waals surface area contributed by atoms with Gasteiger partial charge in [-0.25, -0.2) is 19.8 Å². The van der Waals surface area contributed by atoms with Gasteiger partial charge in [0, 0.05) is 33.0 Å². The fraction of sp³-hybridized carbons (Fsp3) is 0. The fourth-order valence-corrected chi connectivity index (χ4v) is 7.50. The summed E-state index contributed by atoms with van der Waals surface area (Å²) in [4.78, 5) is -2.02. The molecule has 0 saturated heterocycles. The molecule has 0 heterocycles. The standard InChI is InChI=1S/C32H20F2N4O8S2/c33-23-13-15(9-11-21(23)25-17-5-1-3-7-19(17)29(39)27(37-35)31(25)47(41,42)43)16-10-12-22(24(34)14-16)26-18-6-2-4-8-20(18)30(40)28(38-36)32(26)48(44,45)46/h1-14,35-36,39-40H,(H,41,42,43)(H,44,45,46)/b37-35+,38-36+. The van der Waals surface area contributed by atoms with Gasteiger partial charge in [-0.3, -0.25) is 9.11 Å². The summed E-state index contributed by atoms with van der Waals surface area (Å²) in [6.07, 6.45) is 0. The van der Waals surface area contributed by atoms with Crippen molar-refractivity contribution in [1.82, 2.24) is 0 Å². The van der Waals surface area contributed by atoms with Gasteiger partial charge in [-0.15, -0.1) is 0 Å². The number of halogens is 2. The Kier molecular flexibility index (Phi) is 7.14. The van der Waals surface area contributed by atoms with Crippen LogP contribution in [0.3, 0.4) is 0 Å². The first-order chi connectivity index (χ1) is 23.7. The molecule has 12 nitrogen and oxygen atoms in total. The average Bonchev–Trinajstić information content (AvgIpc) is 3.06. The maximum absolute atomic E-state index is 16.0. The third-order valence-corrected chi connectivity index (χ3v) is 9.59. The quantitative estimate of drug-likeness (QED) is 0.0702. The van der Waals surface area contributed by atoms with Crippen molar-refractivity contribution in [3.8, 4) is 44.9 Å². The van der Waals surface area contributed by atoms with E-state index in [1.807, 2.05) is 0 Å². The topological polar surface area (TPSA) is 222 Å². The Balaban J connectivity index is 1.56. The van der Waals surface area contributed by atoms with Crippen molar-refractivity contribution in [3.63, 3.8) is 0 Å². The van der Waals surface area contributed by atoms with Crippen molar-refractivity contribution in [2.75, 3.05) is 0 Å². The van der Waals surface area contributed by atoms with Crippen molar-refractivity contribution in [2.45, 2.75) is 9.79 Å². The van der Waals surface area contributed by atoms with Crippen LogP contribution in [0.5, 0.6) is 11.5 Å². The van der Waals surface area contributed by atoms with Crippen LogP contribution in [-0.4, -0.2) is 36.2 Å². The molecule has 0 aliphatic heterocycles. The maximum Gasteiger partial charge on any atom is 0.297 e. The highest BCUT2D eigenvalue weighted by molar-refractivity contribution is 7.86. The largest absolute Gasteiger partial charge is 0.505 e. The van der Waals surface area contributed by atoms with Gasteiger partial charge in [-0.2, -0.15) is 27.1 Å². The number of phenols is 2. The van der Waals surface area contributed by atoms with Gasteiger partial charge in [-0.05, 0) is 34.0 Å². The molecule has 6 aromatic rings. The smallest absolute Gasteiger partial charge is 0.297 e. The van der Waals surface area contributed by atoms with E-state index in [9.17, 15) is 36.2 Å². The molecule has 48 heavy (non-hydrogen) atoms. The molecule has 0 radical (unpaired) electrons. The summed E-state index contributed by atoms with van der Waals surface area (Å²) in [6, 6.07) is 18.2. The molecule has 6 N–H and O–H groups in total. The summed E-state index contributed by atoms with van der Waals surface area (Å²) < 4.78 is 117. The first-order valence-electron chi connectivity index (χ1n) is 14.4. The molecule has 0 spiro atoms. The van der Waals surface area contributed by atoms with Crippen molar-refractivity contribution in [3.05, 3.63) is 96.6 Å². The Morgan fingerprint density at radius 2 is 0.938 bits per heavy atom. The van der Waals surface area contributed by atoms with E-state index in [2.05, 4.69) is 21.3 Å². The molecule has 0 aliphatic rings. The summed E-state index contributed by atoms with van der Waals surface area (Å²) >= 11 is 0. The predicted octanol–water partition coefficient (Wildman–Crippen LogP) is 8.50. The van der Waals surface area contributed by atoms with E-state index in [4.69, 9.17) is 2.82 Å². The van der Waals surface area contributed by atoms with Crippen LogP contribution in [-0.2, 0) is 20.2 Å². The number of nitrogens with zero attached hydrogens (tertiary/aromatic N) is 2. The molecule has 0 aromatic heterocycles. The van der Waals surface area contributed by atoms with Crippen LogP contribution in [0.1, 0.15) is 0 Å². The lowest BCUT2D eigenvalue weighted by Gasteiger charge is -2.17. The first kappa shape index (κ1) is 29.7. The molecular formula is C32H20F2N4O8S2. The van der Waals surface area contributed by atoms with Crippen molar-refractivity contribution < 1.29 is 47.8 Å². The van der Waals surface area contributed by atoms with E-state index in [-0.39, 0.29) is 43.8 Å². The summed E-state index contributed by atoms with van der Waals surface area (Å²) in [5, 5.41) is 28.2. The number of fused-ring (bicyclic) bond motifs is 2. The van der Waals surface area contributed by atoms with E-state index in [0.717, 1.165) is 24.3 Å². The number of phenolic OH excluding ortho intramolecular Hbond substituents is 2. The van der Waals surface area contributed by atoms with E-state index in [1.165, 1.54) is 60.7 Å². The monoisotopic (exact) mass is 690 g/mol. The summed E-state index contributed by atoms with van der Waals surface area (Å²) in [7, 11) is -10.4. The summed E-state index contributed by atoms with van der Waals surface area (Å²) in [5.41, 5.74) is 2.56. The van der Waals surface area contributed by atoms with Crippen LogP contribution >= 0.6 is 0 Å². The molecule has 0 amide bonds. The average molecular weight is 691 g/mol. The molecule has 0 saturated carbocycles. The second-order valence-corrected chi connectivity index (χ2v) is 13.1. The van der Waals surface area contributed by atoms with Gasteiger partial charge in [0.1, 0.15) is 32.8 Å². The first-order valence-corrected chi connectivity index (χ1v) is 16.4. The summed E-state index contributed by atoms with van der Waals surface area (Å²) in [6.45, 7) is 0. The molecule has 6 aromatic carbocycles. The van der Waals surface area contributed by atoms with E-state index < -0.39 is 75.7 Å². The van der Waals surface area contributed by atoms with Gasteiger partial charge in [0.2, 0.25) is 2.82 Å². The highest BCUT2D eigenvalue weighted by atomic mass is 32.2. The minimum absolute atomic E-state index is 0.00341. The lowest BCUT2D eigenvalue weighted by Crippen LogP contribution is -2.04. The predicted molar refractivity (Wildman–Crippen MR) is 170 cm³/mol. The number of hydrogen-bond donors (Lipinski definition) is 6. The number of aromatic hydroxyl groups is 2. The second kappa shape index (κ2) is 11.5. The highest BCUT2D eigenvalue weighted by Crippen LogP contribution is 2.50. The molecular weight excluding hydrogens is 671 g/mol.